The van der Waals surface area contributed by atoms with E-state index in [1.165, 1.54) is 6.07 Å². The first-order valence-corrected chi connectivity index (χ1v) is 7.99. The fourth-order valence-corrected chi connectivity index (χ4v) is 2.69. The van der Waals surface area contributed by atoms with Crippen molar-refractivity contribution in [3.05, 3.63) is 75.6 Å². The number of nitriles is 1. The topological polar surface area (TPSA) is 72.8 Å². The molecule has 3 aromatic rings. The lowest BCUT2D eigenvalue weighted by Crippen LogP contribution is -2.25. The molecule has 0 spiro atoms. The van der Waals surface area contributed by atoms with Gasteiger partial charge in [0.05, 0.1) is 29.1 Å². The van der Waals surface area contributed by atoms with Crippen LogP contribution < -0.4 is 5.56 Å². The number of benzene rings is 2. The van der Waals surface area contributed by atoms with Crippen LogP contribution in [0.25, 0.3) is 10.9 Å². The van der Waals surface area contributed by atoms with Gasteiger partial charge in [-0.2, -0.15) is 5.26 Å². The van der Waals surface area contributed by atoms with Crippen molar-refractivity contribution in [1.29, 1.82) is 5.26 Å². The number of para-hydroxylation sites is 1. The number of aromatic amines is 1. The van der Waals surface area contributed by atoms with Gasteiger partial charge in [0, 0.05) is 12.1 Å². The number of hydrogen-bond acceptors (Lipinski definition) is 4. The number of fused-ring (bicyclic) bond motifs is 1. The quantitative estimate of drug-likeness (QED) is 0.777. The number of hydrogen-bond donors (Lipinski definition) is 1. The molecule has 0 bridgehead atoms. The molecule has 5 nitrogen and oxygen atoms in total. The Hall–Kier alpha value is -3.04. The van der Waals surface area contributed by atoms with Gasteiger partial charge in [0.2, 0.25) is 0 Å². The summed E-state index contributed by atoms with van der Waals surface area (Å²) >= 11 is 0. The Morgan fingerprint density at radius 3 is 2.76 bits per heavy atom. The predicted octanol–water partition coefficient (Wildman–Crippen LogP) is 2.96. The van der Waals surface area contributed by atoms with Crippen molar-refractivity contribution in [3.8, 4) is 6.07 Å². The largest absolute Gasteiger partial charge is 0.309 e. The summed E-state index contributed by atoms with van der Waals surface area (Å²) in [6.07, 6.45) is 0. The van der Waals surface area contributed by atoms with E-state index in [9.17, 15) is 9.18 Å². The van der Waals surface area contributed by atoms with Gasteiger partial charge in [-0.25, -0.2) is 9.37 Å². The first kappa shape index (κ1) is 16.8. The van der Waals surface area contributed by atoms with Crippen LogP contribution in [0.5, 0.6) is 0 Å². The molecule has 0 unspecified atom stereocenters. The van der Waals surface area contributed by atoms with Crippen LogP contribution in [0.2, 0.25) is 0 Å². The molecular formula is C19H17FN4O. The zero-order chi connectivity index (χ0) is 17.8. The van der Waals surface area contributed by atoms with Crippen LogP contribution >= 0.6 is 0 Å². The van der Waals surface area contributed by atoms with Crippen molar-refractivity contribution in [1.82, 2.24) is 14.9 Å². The second-order valence-electron chi connectivity index (χ2n) is 5.75. The van der Waals surface area contributed by atoms with Gasteiger partial charge < -0.3 is 4.98 Å². The zero-order valence-electron chi connectivity index (χ0n) is 13.8. The van der Waals surface area contributed by atoms with Crippen molar-refractivity contribution >= 4 is 10.9 Å². The van der Waals surface area contributed by atoms with E-state index in [0.717, 1.165) is 0 Å². The van der Waals surface area contributed by atoms with E-state index in [1.807, 2.05) is 24.0 Å². The lowest BCUT2D eigenvalue weighted by atomic mass is 10.1. The minimum Gasteiger partial charge on any atom is -0.309 e. The van der Waals surface area contributed by atoms with Crippen molar-refractivity contribution in [2.24, 2.45) is 0 Å². The molecule has 1 aromatic heterocycles. The summed E-state index contributed by atoms with van der Waals surface area (Å²) in [7, 11) is 0. The minimum absolute atomic E-state index is 0.179. The molecule has 0 saturated carbocycles. The van der Waals surface area contributed by atoms with Gasteiger partial charge in [-0.15, -0.1) is 0 Å². The van der Waals surface area contributed by atoms with E-state index in [-0.39, 0.29) is 5.56 Å². The molecule has 0 fully saturated rings. The van der Waals surface area contributed by atoms with Crippen LogP contribution in [0.1, 0.15) is 23.9 Å². The van der Waals surface area contributed by atoms with Crippen LogP contribution in [0.3, 0.4) is 0 Å². The molecule has 1 heterocycles. The summed E-state index contributed by atoms with van der Waals surface area (Å²) in [5.41, 5.74) is 1.26. The van der Waals surface area contributed by atoms with Crippen molar-refractivity contribution in [2.75, 3.05) is 6.54 Å². The summed E-state index contributed by atoms with van der Waals surface area (Å²) in [5, 5.41) is 9.37. The monoisotopic (exact) mass is 336 g/mol. The van der Waals surface area contributed by atoms with Crippen LogP contribution in [-0.2, 0) is 13.1 Å². The number of rotatable bonds is 5. The minimum atomic E-state index is -0.405. The second kappa shape index (κ2) is 7.24. The van der Waals surface area contributed by atoms with E-state index in [1.54, 1.807) is 30.3 Å². The third-order valence-corrected chi connectivity index (χ3v) is 4.06. The first-order valence-electron chi connectivity index (χ1n) is 7.99. The molecule has 0 saturated heterocycles. The first-order chi connectivity index (χ1) is 12.1. The van der Waals surface area contributed by atoms with Crippen molar-refractivity contribution < 1.29 is 4.39 Å². The Morgan fingerprint density at radius 1 is 1.24 bits per heavy atom. The molecule has 0 amide bonds. The standard InChI is InChI=1S/C19H17FN4O/c1-2-24(11-14-8-7-13(10-21)9-16(14)20)12-18-22-17-6-4-3-5-15(17)19(25)23-18/h3-9H,2,11-12H2,1H3,(H,22,23,25). The van der Waals surface area contributed by atoms with Crippen LogP contribution in [0.15, 0.2) is 47.3 Å². The van der Waals surface area contributed by atoms with Gasteiger partial charge in [-0.1, -0.05) is 25.1 Å². The molecule has 0 aliphatic rings. The van der Waals surface area contributed by atoms with Gasteiger partial charge in [-0.05, 0) is 30.8 Å². The van der Waals surface area contributed by atoms with Gasteiger partial charge >= 0.3 is 0 Å². The average Bonchev–Trinajstić information content (AvgIpc) is 2.62. The fraction of sp³-hybridized carbons (Fsp3) is 0.211. The summed E-state index contributed by atoms with van der Waals surface area (Å²) in [6, 6.07) is 13.5. The SMILES string of the molecule is CCN(Cc1nc2ccccc2c(=O)[nH]1)Cc1ccc(C#N)cc1F. The Morgan fingerprint density at radius 2 is 2.04 bits per heavy atom. The van der Waals surface area contributed by atoms with Crippen LogP contribution in [0.4, 0.5) is 4.39 Å². The number of nitrogens with zero attached hydrogens (tertiary/aromatic N) is 3. The smallest absolute Gasteiger partial charge is 0.258 e. The molecule has 25 heavy (non-hydrogen) atoms. The highest BCUT2D eigenvalue weighted by Crippen LogP contribution is 2.14. The highest BCUT2D eigenvalue weighted by Gasteiger charge is 2.12. The maximum atomic E-state index is 14.1. The third-order valence-electron chi connectivity index (χ3n) is 4.06. The van der Waals surface area contributed by atoms with Crippen molar-refractivity contribution in [3.63, 3.8) is 0 Å². The van der Waals surface area contributed by atoms with E-state index >= 15 is 0 Å². The molecule has 6 heteroatoms. The Labute approximate surface area is 144 Å². The average molecular weight is 336 g/mol. The van der Waals surface area contributed by atoms with E-state index in [2.05, 4.69) is 9.97 Å². The maximum absolute atomic E-state index is 14.1. The van der Waals surface area contributed by atoms with Crippen LogP contribution in [0, 0.1) is 17.1 Å². The Kier molecular flexibility index (Phi) is 4.87. The molecule has 1 N–H and O–H groups in total. The molecule has 0 aliphatic carbocycles. The molecule has 0 aliphatic heterocycles. The summed E-state index contributed by atoms with van der Waals surface area (Å²) in [5.74, 6) is 0.136. The molecule has 126 valence electrons. The maximum Gasteiger partial charge on any atom is 0.258 e. The number of nitrogens with one attached hydrogen (secondary N) is 1. The van der Waals surface area contributed by atoms with Gasteiger partial charge in [0.15, 0.2) is 0 Å². The molecule has 0 radical (unpaired) electrons. The highest BCUT2D eigenvalue weighted by molar-refractivity contribution is 5.77. The lowest BCUT2D eigenvalue weighted by Gasteiger charge is -2.20. The second-order valence-corrected chi connectivity index (χ2v) is 5.75. The van der Waals surface area contributed by atoms with Gasteiger partial charge in [0.1, 0.15) is 11.6 Å². The number of halogens is 1. The molecular weight excluding hydrogens is 319 g/mol. The third kappa shape index (κ3) is 3.73. The normalized spacial score (nSPS) is 11.0. The Balaban J connectivity index is 1.83. The van der Waals surface area contributed by atoms with Crippen molar-refractivity contribution in [2.45, 2.75) is 20.0 Å². The number of H-pyrrole nitrogens is 1. The fourth-order valence-electron chi connectivity index (χ4n) is 2.69. The summed E-state index contributed by atoms with van der Waals surface area (Å²) in [6.45, 7) is 3.39. The predicted molar refractivity (Wildman–Crippen MR) is 93.3 cm³/mol. The summed E-state index contributed by atoms with van der Waals surface area (Å²) in [4.78, 5) is 21.4. The lowest BCUT2D eigenvalue weighted by molar-refractivity contribution is 0.260. The molecule has 3 rings (SSSR count). The van der Waals surface area contributed by atoms with Crippen LogP contribution in [-0.4, -0.2) is 21.4 Å². The molecule has 0 atom stereocenters. The number of aromatic nitrogens is 2. The Bertz CT molecular complexity index is 1010. The highest BCUT2D eigenvalue weighted by atomic mass is 19.1. The van der Waals surface area contributed by atoms with E-state index < -0.39 is 5.82 Å². The van der Waals surface area contributed by atoms with E-state index in [4.69, 9.17) is 5.26 Å². The van der Waals surface area contributed by atoms with Gasteiger partial charge in [0.25, 0.3) is 5.56 Å². The van der Waals surface area contributed by atoms with E-state index in [0.29, 0.717) is 47.5 Å². The van der Waals surface area contributed by atoms with Gasteiger partial charge in [-0.3, -0.25) is 9.69 Å². The zero-order valence-corrected chi connectivity index (χ0v) is 13.8. The summed E-state index contributed by atoms with van der Waals surface area (Å²) < 4.78 is 14.1. The molecule has 2 aromatic carbocycles.